The van der Waals surface area contributed by atoms with Gasteiger partial charge < -0.3 is 10.2 Å². The standard InChI is InChI=1S/C18H29NO2/c1-17(2,3)14-10-13(12-19-8-7-9-20)11-15(16(14)21)18(4,5)6/h10-12,20-21H,7-9H2,1-6H3/b19-12-. The number of aromatic hydroxyl groups is 1. The minimum Gasteiger partial charge on any atom is -0.507 e. The van der Waals surface area contributed by atoms with Crippen LogP contribution < -0.4 is 0 Å². The molecule has 3 heteroatoms. The van der Waals surface area contributed by atoms with E-state index in [1.807, 2.05) is 18.3 Å². The lowest BCUT2D eigenvalue weighted by Crippen LogP contribution is -2.17. The fraction of sp³-hybridized carbons (Fsp3) is 0.611. The molecule has 118 valence electrons. The minimum absolute atomic E-state index is 0.126. The van der Waals surface area contributed by atoms with Gasteiger partial charge in [0.2, 0.25) is 0 Å². The van der Waals surface area contributed by atoms with Gasteiger partial charge in [-0.2, -0.15) is 0 Å². The van der Waals surface area contributed by atoms with Gasteiger partial charge in [-0.3, -0.25) is 4.99 Å². The monoisotopic (exact) mass is 291 g/mol. The summed E-state index contributed by atoms with van der Waals surface area (Å²) in [5, 5.41) is 19.4. The van der Waals surface area contributed by atoms with Crippen molar-refractivity contribution in [3.05, 3.63) is 28.8 Å². The third-order valence-electron chi connectivity index (χ3n) is 3.43. The van der Waals surface area contributed by atoms with Gasteiger partial charge in [-0.05, 0) is 34.9 Å². The van der Waals surface area contributed by atoms with Crippen LogP contribution in [0, 0.1) is 0 Å². The Bertz CT molecular complexity index is 470. The minimum atomic E-state index is -0.126. The Morgan fingerprint density at radius 3 is 1.86 bits per heavy atom. The Morgan fingerprint density at radius 2 is 1.48 bits per heavy atom. The van der Waals surface area contributed by atoms with Crippen LogP contribution in [0.4, 0.5) is 0 Å². The predicted octanol–water partition coefficient (Wildman–Crippen LogP) is 3.79. The van der Waals surface area contributed by atoms with E-state index in [1.165, 1.54) is 0 Å². The SMILES string of the molecule is CC(C)(C)c1cc(/C=N\CCCO)cc(C(C)(C)C)c1O. The summed E-state index contributed by atoms with van der Waals surface area (Å²) in [6.45, 7) is 13.4. The van der Waals surface area contributed by atoms with Crippen molar-refractivity contribution in [1.82, 2.24) is 0 Å². The van der Waals surface area contributed by atoms with E-state index in [0.29, 0.717) is 18.7 Å². The van der Waals surface area contributed by atoms with Crippen LogP contribution in [0.3, 0.4) is 0 Å². The molecule has 0 aromatic heterocycles. The van der Waals surface area contributed by atoms with E-state index in [1.54, 1.807) is 0 Å². The largest absolute Gasteiger partial charge is 0.507 e. The molecule has 1 aromatic carbocycles. The molecular weight excluding hydrogens is 262 g/mol. The Hall–Kier alpha value is -1.35. The number of hydrogen-bond acceptors (Lipinski definition) is 3. The smallest absolute Gasteiger partial charge is 0.123 e. The number of nitrogens with zero attached hydrogens (tertiary/aromatic N) is 1. The fourth-order valence-corrected chi connectivity index (χ4v) is 2.21. The van der Waals surface area contributed by atoms with E-state index in [-0.39, 0.29) is 17.4 Å². The fourth-order valence-electron chi connectivity index (χ4n) is 2.21. The number of hydrogen-bond donors (Lipinski definition) is 2. The van der Waals surface area contributed by atoms with Gasteiger partial charge in [-0.1, -0.05) is 41.5 Å². The van der Waals surface area contributed by atoms with E-state index in [9.17, 15) is 5.11 Å². The van der Waals surface area contributed by atoms with Gasteiger partial charge >= 0.3 is 0 Å². The molecule has 0 unspecified atom stereocenters. The van der Waals surface area contributed by atoms with Gasteiger partial charge in [0.1, 0.15) is 5.75 Å². The predicted molar refractivity (Wildman–Crippen MR) is 89.7 cm³/mol. The van der Waals surface area contributed by atoms with Crippen LogP contribution in [-0.2, 0) is 10.8 Å². The first-order valence-electron chi connectivity index (χ1n) is 7.56. The Morgan fingerprint density at radius 1 is 1.00 bits per heavy atom. The molecule has 0 bridgehead atoms. The van der Waals surface area contributed by atoms with E-state index in [4.69, 9.17) is 5.11 Å². The molecular formula is C18H29NO2. The van der Waals surface area contributed by atoms with E-state index in [2.05, 4.69) is 46.5 Å². The van der Waals surface area contributed by atoms with Crippen LogP contribution in [0.15, 0.2) is 17.1 Å². The second-order valence-electron chi connectivity index (χ2n) is 7.58. The Labute approximate surface area is 128 Å². The summed E-state index contributed by atoms with van der Waals surface area (Å²) in [5.74, 6) is 0.391. The average Bonchev–Trinajstić information content (AvgIpc) is 2.33. The van der Waals surface area contributed by atoms with E-state index < -0.39 is 0 Å². The molecule has 0 aliphatic carbocycles. The van der Waals surface area contributed by atoms with Crippen LogP contribution in [0.5, 0.6) is 5.75 Å². The maximum atomic E-state index is 10.6. The Balaban J connectivity index is 3.31. The van der Waals surface area contributed by atoms with Crippen molar-refractivity contribution in [2.24, 2.45) is 4.99 Å². The highest BCUT2D eigenvalue weighted by Crippen LogP contribution is 2.39. The lowest BCUT2D eigenvalue weighted by molar-refractivity contribution is 0.291. The molecule has 0 aliphatic rings. The maximum Gasteiger partial charge on any atom is 0.123 e. The van der Waals surface area contributed by atoms with Crippen LogP contribution in [0.1, 0.15) is 64.7 Å². The molecule has 0 aliphatic heterocycles. The highest BCUT2D eigenvalue weighted by Gasteiger charge is 2.26. The molecule has 0 saturated heterocycles. The van der Waals surface area contributed by atoms with Crippen molar-refractivity contribution < 1.29 is 10.2 Å². The van der Waals surface area contributed by atoms with Gasteiger partial charge in [-0.15, -0.1) is 0 Å². The summed E-state index contributed by atoms with van der Waals surface area (Å²) in [5.41, 5.74) is 2.63. The molecule has 0 spiro atoms. The molecule has 0 heterocycles. The highest BCUT2D eigenvalue weighted by molar-refractivity contribution is 5.81. The summed E-state index contributed by atoms with van der Waals surface area (Å²) in [7, 11) is 0. The molecule has 2 N–H and O–H groups in total. The lowest BCUT2D eigenvalue weighted by Gasteiger charge is -2.27. The number of benzene rings is 1. The van der Waals surface area contributed by atoms with Gasteiger partial charge in [0.25, 0.3) is 0 Å². The molecule has 1 aromatic rings. The van der Waals surface area contributed by atoms with Crippen molar-refractivity contribution in [3.8, 4) is 5.75 Å². The number of rotatable bonds is 4. The zero-order valence-corrected chi connectivity index (χ0v) is 14.2. The Kier molecular flexibility index (Phi) is 5.57. The van der Waals surface area contributed by atoms with Crippen LogP contribution >= 0.6 is 0 Å². The maximum absolute atomic E-state index is 10.6. The second kappa shape index (κ2) is 6.61. The van der Waals surface area contributed by atoms with Crippen molar-refractivity contribution >= 4 is 6.21 Å². The average molecular weight is 291 g/mol. The quantitative estimate of drug-likeness (QED) is 0.655. The van der Waals surface area contributed by atoms with Gasteiger partial charge in [0, 0.05) is 30.5 Å². The normalized spacial score (nSPS) is 13.1. The lowest BCUT2D eigenvalue weighted by atomic mass is 9.78. The number of aliphatic hydroxyl groups excluding tert-OH is 1. The molecule has 0 fully saturated rings. The first-order chi connectivity index (χ1) is 9.57. The first kappa shape index (κ1) is 17.7. The second-order valence-corrected chi connectivity index (χ2v) is 7.58. The number of aliphatic hydroxyl groups is 1. The topological polar surface area (TPSA) is 52.8 Å². The summed E-state index contributed by atoms with van der Waals surface area (Å²) >= 11 is 0. The summed E-state index contributed by atoms with van der Waals surface area (Å²) < 4.78 is 0. The zero-order valence-electron chi connectivity index (χ0n) is 14.2. The van der Waals surface area contributed by atoms with E-state index in [0.717, 1.165) is 16.7 Å². The van der Waals surface area contributed by atoms with Crippen molar-refractivity contribution in [3.63, 3.8) is 0 Å². The van der Waals surface area contributed by atoms with Crippen molar-refractivity contribution in [1.29, 1.82) is 0 Å². The third kappa shape index (κ3) is 4.85. The van der Waals surface area contributed by atoms with Gasteiger partial charge in [0.15, 0.2) is 0 Å². The molecule has 3 nitrogen and oxygen atoms in total. The number of phenolic OH excluding ortho intramolecular Hbond substituents is 1. The molecule has 0 atom stereocenters. The van der Waals surface area contributed by atoms with Crippen molar-refractivity contribution in [2.45, 2.75) is 58.8 Å². The highest BCUT2D eigenvalue weighted by atomic mass is 16.3. The summed E-state index contributed by atoms with van der Waals surface area (Å²) in [6, 6.07) is 4.01. The van der Waals surface area contributed by atoms with Crippen molar-refractivity contribution in [2.75, 3.05) is 13.2 Å². The number of aliphatic imine (C=N–C) groups is 1. The summed E-state index contributed by atoms with van der Waals surface area (Å²) in [6.07, 6.45) is 2.51. The molecule has 0 saturated carbocycles. The molecule has 21 heavy (non-hydrogen) atoms. The molecule has 0 amide bonds. The van der Waals surface area contributed by atoms with Gasteiger partial charge in [-0.25, -0.2) is 0 Å². The van der Waals surface area contributed by atoms with E-state index >= 15 is 0 Å². The third-order valence-corrected chi connectivity index (χ3v) is 3.43. The molecule has 0 radical (unpaired) electrons. The van der Waals surface area contributed by atoms with Crippen LogP contribution in [0.25, 0.3) is 0 Å². The zero-order chi connectivity index (χ0) is 16.3. The number of phenols is 1. The first-order valence-corrected chi connectivity index (χ1v) is 7.56. The van der Waals surface area contributed by atoms with Gasteiger partial charge in [0.05, 0.1) is 0 Å². The summed E-state index contributed by atoms with van der Waals surface area (Å²) in [4.78, 5) is 4.34. The van der Waals surface area contributed by atoms with Crippen LogP contribution in [0.2, 0.25) is 0 Å². The molecule has 1 rings (SSSR count). The van der Waals surface area contributed by atoms with Crippen LogP contribution in [-0.4, -0.2) is 29.6 Å².